The van der Waals surface area contributed by atoms with Crippen LogP contribution in [0.3, 0.4) is 0 Å². The Balaban J connectivity index is 1.75. The summed E-state index contributed by atoms with van der Waals surface area (Å²) in [6.07, 6.45) is 1.43. The van der Waals surface area contributed by atoms with Crippen molar-refractivity contribution in [3.05, 3.63) is 42.0 Å². The Morgan fingerprint density at radius 3 is 2.65 bits per heavy atom. The van der Waals surface area contributed by atoms with Crippen LogP contribution in [0.2, 0.25) is 0 Å². The van der Waals surface area contributed by atoms with Crippen molar-refractivity contribution in [1.82, 2.24) is 20.2 Å². The van der Waals surface area contributed by atoms with E-state index in [1.54, 1.807) is 0 Å². The van der Waals surface area contributed by atoms with E-state index >= 15 is 0 Å². The normalized spacial score (nSPS) is 10.2. The lowest BCUT2D eigenvalue weighted by Gasteiger charge is -2.04. The van der Waals surface area contributed by atoms with Crippen molar-refractivity contribution >= 4 is 11.8 Å². The molecule has 0 aliphatic heterocycles. The lowest BCUT2D eigenvalue weighted by Crippen LogP contribution is -2.15. The minimum atomic E-state index is -0.532. The van der Waals surface area contributed by atoms with Gasteiger partial charge in [-0.2, -0.15) is 0 Å². The van der Waals surface area contributed by atoms with E-state index in [0.29, 0.717) is 5.56 Å². The summed E-state index contributed by atoms with van der Waals surface area (Å²) in [7, 11) is 0. The van der Waals surface area contributed by atoms with Gasteiger partial charge in [0.25, 0.3) is 0 Å². The van der Waals surface area contributed by atoms with E-state index in [2.05, 4.69) is 15.5 Å². The Hall–Kier alpha value is -2.64. The molecule has 0 amide bonds. The van der Waals surface area contributed by atoms with Crippen LogP contribution in [0.15, 0.2) is 30.6 Å². The molecule has 8 heteroatoms. The van der Waals surface area contributed by atoms with E-state index in [0.717, 1.165) is 0 Å². The average molecular weight is 278 g/mol. The molecule has 0 fully saturated rings. The number of aryl methyl sites for hydroxylation is 1. The predicted octanol–water partition coefficient (Wildman–Crippen LogP) is 0.628. The first kappa shape index (κ1) is 13.8. The number of ether oxygens (including phenoxy) is 1. The number of aromatic nitrogens is 4. The second-order valence-electron chi connectivity index (χ2n) is 3.91. The fourth-order valence-electron chi connectivity index (χ4n) is 1.43. The molecule has 0 saturated carbocycles. The molecule has 1 aromatic heterocycles. The van der Waals surface area contributed by atoms with E-state index < -0.39 is 11.8 Å². The summed E-state index contributed by atoms with van der Waals surface area (Å²) in [5, 5.41) is 10.4. The molecule has 0 atom stereocenters. The maximum Gasteiger partial charge on any atom is 0.308 e. The summed E-state index contributed by atoms with van der Waals surface area (Å²) >= 11 is 0. The van der Waals surface area contributed by atoms with Gasteiger partial charge in [-0.1, -0.05) is 0 Å². The van der Waals surface area contributed by atoms with Gasteiger partial charge in [0.1, 0.15) is 12.1 Å². The molecule has 7 nitrogen and oxygen atoms in total. The Morgan fingerprint density at radius 1 is 1.25 bits per heavy atom. The monoisotopic (exact) mass is 278 g/mol. The number of carbonyl (C=O) groups excluding carboxylic acids is 2. The number of benzene rings is 1. The van der Waals surface area contributed by atoms with Gasteiger partial charge < -0.3 is 4.74 Å². The molecular weight excluding hydrogens is 267 g/mol. The fourth-order valence-corrected chi connectivity index (χ4v) is 1.43. The number of Topliss-reactive ketones (excluding diaryl/α,β-unsaturated/α-hetero) is 1. The highest BCUT2D eigenvalue weighted by atomic mass is 19.1. The summed E-state index contributed by atoms with van der Waals surface area (Å²) in [4.78, 5) is 23.1. The molecular formula is C12H11FN4O3. The number of hydrogen-bond acceptors (Lipinski definition) is 6. The first-order chi connectivity index (χ1) is 9.65. The number of esters is 1. The fraction of sp³-hybridized carbons (Fsp3) is 0.250. The van der Waals surface area contributed by atoms with Crippen molar-refractivity contribution < 1.29 is 18.7 Å². The minimum Gasteiger partial charge on any atom is -0.457 e. The maximum absolute atomic E-state index is 12.7. The second kappa shape index (κ2) is 6.50. The maximum atomic E-state index is 12.7. The molecule has 1 aromatic carbocycles. The molecule has 20 heavy (non-hydrogen) atoms. The molecule has 0 bridgehead atoms. The minimum absolute atomic E-state index is 0.0573. The van der Waals surface area contributed by atoms with Gasteiger partial charge in [-0.05, 0) is 34.7 Å². The zero-order valence-corrected chi connectivity index (χ0v) is 10.4. The summed E-state index contributed by atoms with van der Waals surface area (Å²) < 4.78 is 18.9. The number of carbonyl (C=O) groups is 2. The van der Waals surface area contributed by atoms with E-state index in [1.165, 1.54) is 35.3 Å². The number of hydrogen-bond donors (Lipinski definition) is 0. The summed E-state index contributed by atoms with van der Waals surface area (Å²) in [6.45, 7) is -0.101. The van der Waals surface area contributed by atoms with Crippen molar-refractivity contribution in [3.63, 3.8) is 0 Å². The van der Waals surface area contributed by atoms with Crippen molar-refractivity contribution in [2.75, 3.05) is 6.61 Å². The lowest BCUT2D eigenvalue weighted by atomic mass is 10.1. The summed E-state index contributed by atoms with van der Waals surface area (Å²) in [5.41, 5.74) is 0.291. The first-order valence-corrected chi connectivity index (χ1v) is 5.80. The van der Waals surface area contributed by atoms with Gasteiger partial charge in [0, 0.05) is 5.56 Å². The Kier molecular flexibility index (Phi) is 4.48. The van der Waals surface area contributed by atoms with Crippen LogP contribution in [0.25, 0.3) is 0 Å². The largest absolute Gasteiger partial charge is 0.457 e. The van der Waals surface area contributed by atoms with Crippen molar-refractivity contribution in [2.24, 2.45) is 0 Å². The first-order valence-electron chi connectivity index (χ1n) is 5.80. The van der Waals surface area contributed by atoms with Crippen LogP contribution in [0, 0.1) is 5.82 Å². The van der Waals surface area contributed by atoms with Crippen LogP contribution in [-0.4, -0.2) is 38.6 Å². The second-order valence-corrected chi connectivity index (χ2v) is 3.91. The van der Waals surface area contributed by atoms with Gasteiger partial charge in [-0.3, -0.25) is 9.59 Å². The van der Waals surface area contributed by atoms with Gasteiger partial charge in [-0.15, -0.1) is 5.10 Å². The van der Waals surface area contributed by atoms with Crippen molar-refractivity contribution in [2.45, 2.75) is 13.0 Å². The molecule has 0 unspecified atom stereocenters. The third-order valence-electron chi connectivity index (χ3n) is 2.47. The van der Waals surface area contributed by atoms with Crippen molar-refractivity contribution in [1.29, 1.82) is 0 Å². The number of nitrogens with zero attached hydrogens (tertiary/aromatic N) is 4. The zero-order valence-electron chi connectivity index (χ0n) is 10.4. The molecule has 0 saturated heterocycles. The zero-order chi connectivity index (χ0) is 14.4. The molecule has 0 N–H and O–H groups in total. The molecule has 1 heterocycles. The SMILES string of the molecule is O=C(CCn1cnnn1)OCC(=O)c1ccc(F)cc1. The number of halogens is 1. The van der Waals surface area contributed by atoms with E-state index in [4.69, 9.17) is 4.74 Å². The van der Waals surface area contributed by atoms with E-state index in [-0.39, 0.29) is 25.4 Å². The van der Waals surface area contributed by atoms with Crippen LogP contribution >= 0.6 is 0 Å². The number of rotatable bonds is 6. The van der Waals surface area contributed by atoms with Crippen LogP contribution in [0.4, 0.5) is 4.39 Å². The molecule has 104 valence electrons. The van der Waals surface area contributed by atoms with E-state index in [1.807, 2.05) is 0 Å². The van der Waals surface area contributed by atoms with Crippen LogP contribution in [0.5, 0.6) is 0 Å². The lowest BCUT2D eigenvalue weighted by molar-refractivity contribution is -0.142. The summed E-state index contributed by atoms with van der Waals surface area (Å²) in [5.74, 6) is -1.35. The molecule has 2 aromatic rings. The molecule has 0 spiro atoms. The predicted molar refractivity (Wildman–Crippen MR) is 64.1 cm³/mol. The smallest absolute Gasteiger partial charge is 0.308 e. The van der Waals surface area contributed by atoms with Gasteiger partial charge in [0.15, 0.2) is 12.4 Å². The number of tetrazole rings is 1. The Labute approximate surface area is 113 Å². The molecule has 2 rings (SSSR count). The molecule has 0 aliphatic carbocycles. The highest BCUT2D eigenvalue weighted by Gasteiger charge is 2.10. The standard InChI is InChI=1S/C12H11FN4O3/c13-10-3-1-9(2-4-10)11(18)7-20-12(19)5-6-17-8-14-15-16-17/h1-4,8H,5-7H2. The Bertz CT molecular complexity index is 583. The highest BCUT2D eigenvalue weighted by Crippen LogP contribution is 2.04. The van der Waals surface area contributed by atoms with Gasteiger partial charge in [-0.25, -0.2) is 9.07 Å². The van der Waals surface area contributed by atoms with Crippen LogP contribution in [-0.2, 0) is 16.1 Å². The van der Waals surface area contributed by atoms with Gasteiger partial charge in [0.05, 0.1) is 13.0 Å². The van der Waals surface area contributed by atoms with Gasteiger partial charge >= 0.3 is 5.97 Å². The molecule has 0 radical (unpaired) electrons. The molecule has 0 aliphatic rings. The van der Waals surface area contributed by atoms with Gasteiger partial charge in [0.2, 0.25) is 0 Å². The van der Waals surface area contributed by atoms with E-state index in [9.17, 15) is 14.0 Å². The number of ketones is 1. The average Bonchev–Trinajstić information content (AvgIpc) is 2.96. The topological polar surface area (TPSA) is 87.0 Å². The third-order valence-corrected chi connectivity index (χ3v) is 2.47. The van der Waals surface area contributed by atoms with Crippen molar-refractivity contribution in [3.8, 4) is 0 Å². The summed E-state index contributed by atoms with van der Waals surface area (Å²) in [6, 6.07) is 5.03. The third kappa shape index (κ3) is 3.94. The van der Waals surface area contributed by atoms with Crippen LogP contribution in [0.1, 0.15) is 16.8 Å². The Morgan fingerprint density at radius 2 is 2.00 bits per heavy atom. The quantitative estimate of drug-likeness (QED) is 0.569. The highest BCUT2D eigenvalue weighted by molar-refractivity contribution is 5.97. The van der Waals surface area contributed by atoms with Crippen LogP contribution < -0.4 is 0 Å².